The van der Waals surface area contributed by atoms with Crippen molar-refractivity contribution in [2.75, 3.05) is 12.3 Å². The van der Waals surface area contributed by atoms with Crippen molar-refractivity contribution in [3.63, 3.8) is 0 Å². The lowest BCUT2D eigenvalue weighted by atomic mass is 10.0. The Balaban J connectivity index is 1.77. The Hall–Kier alpha value is -3.58. The summed E-state index contributed by atoms with van der Waals surface area (Å²) in [7, 11) is 0. The van der Waals surface area contributed by atoms with Crippen molar-refractivity contribution in [2.45, 2.75) is 49.9 Å². The van der Waals surface area contributed by atoms with Crippen molar-refractivity contribution in [3.8, 4) is 5.75 Å². The van der Waals surface area contributed by atoms with Crippen LogP contribution in [-0.4, -0.2) is 85.2 Å². The number of imidazole rings is 1. The highest BCUT2D eigenvalue weighted by atomic mass is 32.1. The Morgan fingerprint density at radius 3 is 2.50 bits per heavy atom. The Kier molecular flexibility index (Phi) is 9.31. The number of nitrogens with two attached hydrogens (primary N) is 1. The number of nitrogens with one attached hydrogen (secondary N) is 3. The van der Waals surface area contributed by atoms with Gasteiger partial charge in [-0.2, -0.15) is 12.6 Å². The number of phenols is 1. The molecule has 1 aromatic heterocycles. The number of benzene rings is 1. The summed E-state index contributed by atoms with van der Waals surface area (Å²) in [5, 5.41) is 23.9. The van der Waals surface area contributed by atoms with Crippen LogP contribution in [-0.2, 0) is 32.0 Å². The van der Waals surface area contributed by atoms with E-state index in [1.54, 1.807) is 18.3 Å². The van der Waals surface area contributed by atoms with Crippen LogP contribution >= 0.6 is 12.6 Å². The van der Waals surface area contributed by atoms with Gasteiger partial charge in [0.25, 0.3) is 0 Å². The highest BCUT2D eigenvalue weighted by Crippen LogP contribution is 2.21. The highest BCUT2D eigenvalue weighted by Gasteiger charge is 2.39. The number of carbonyl (C=O) groups is 4. The molecule has 7 N–H and O–H groups in total. The van der Waals surface area contributed by atoms with Gasteiger partial charge in [0.2, 0.25) is 17.7 Å². The number of hydrogen-bond donors (Lipinski definition) is 7. The quantitative estimate of drug-likeness (QED) is 0.188. The molecule has 0 bridgehead atoms. The molecule has 13 heteroatoms. The summed E-state index contributed by atoms with van der Waals surface area (Å²) in [5.74, 6) is -2.90. The van der Waals surface area contributed by atoms with E-state index in [9.17, 15) is 29.4 Å². The number of rotatable bonds is 11. The van der Waals surface area contributed by atoms with Gasteiger partial charge in [0.05, 0.1) is 12.4 Å². The lowest BCUT2D eigenvalue weighted by Gasteiger charge is -2.30. The van der Waals surface area contributed by atoms with Gasteiger partial charge in [-0.15, -0.1) is 0 Å². The molecule has 4 unspecified atom stereocenters. The van der Waals surface area contributed by atoms with E-state index in [0.717, 1.165) is 0 Å². The number of carboxylic acids is 1. The minimum atomic E-state index is -1.22. The molecule has 2 heterocycles. The third kappa shape index (κ3) is 6.98. The summed E-state index contributed by atoms with van der Waals surface area (Å²) in [6.07, 6.45) is 4.20. The number of aromatic nitrogens is 2. The molecule has 12 nitrogen and oxygen atoms in total. The molecule has 0 spiro atoms. The number of hydrogen-bond acceptors (Lipinski definition) is 8. The van der Waals surface area contributed by atoms with E-state index < -0.39 is 47.9 Å². The molecule has 1 fully saturated rings. The zero-order valence-electron chi connectivity index (χ0n) is 19.5. The average molecular weight is 519 g/mol. The third-order valence-corrected chi connectivity index (χ3v) is 6.32. The molecule has 1 aliphatic heterocycles. The standard InChI is InChI=1S/C23H30N6O6S/c24-16(9-14-10-25-12-26-14)20(31)27-17(8-13-3-5-15(30)6-4-13)22(33)29-7-1-2-19(29)21(32)28-18(11-36)23(34)35/h3-6,10,12,16-19,30,36H,1-2,7-9,11,24H2,(H,25,26)(H,27,31)(H,28,32)(H,34,35). The number of aromatic hydroxyl groups is 1. The molecular formula is C23H30N6O6S. The number of H-pyrrole nitrogens is 1. The van der Waals surface area contributed by atoms with Crippen molar-refractivity contribution in [3.05, 3.63) is 48.0 Å². The number of aromatic amines is 1. The van der Waals surface area contributed by atoms with Crippen molar-refractivity contribution in [1.29, 1.82) is 0 Å². The lowest BCUT2D eigenvalue weighted by Crippen LogP contribution is -2.57. The molecule has 0 radical (unpaired) electrons. The smallest absolute Gasteiger partial charge is 0.327 e. The number of aliphatic carboxylic acids is 1. The molecule has 1 aromatic carbocycles. The van der Waals surface area contributed by atoms with Crippen LogP contribution in [0.1, 0.15) is 24.1 Å². The van der Waals surface area contributed by atoms with E-state index in [2.05, 4.69) is 33.2 Å². The van der Waals surface area contributed by atoms with Gasteiger partial charge < -0.3 is 36.5 Å². The van der Waals surface area contributed by atoms with E-state index >= 15 is 0 Å². The molecule has 194 valence electrons. The first kappa shape index (κ1) is 27.0. The zero-order valence-corrected chi connectivity index (χ0v) is 20.4. The molecule has 36 heavy (non-hydrogen) atoms. The van der Waals surface area contributed by atoms with Crippen molar-refractivity contribution in [2.24, 2.45) is 5.73 Å². The minimum Gasteiger partial charge on any atom is -0.508 e. The molecular weight excluding hydrogens is 488 g/mol. The molecule has 1 aliphatic rings. The number of phenolic OH excluding ortho intramolecular Hbond substituents is 1. The topological polar surface area (TPSA) is 191 Å². The number of thiol groups is 1. The number of amides is 3. The average Bonchev–Trinajstić information content (AvgIpc) is 3.55. The Morgan fingerprint density at radius 2 is 1.89 bits per heavy atom. The summed E-state index contributed by atoms with van der Waals surface area (Å²) in [6, 6.07) is 2.14. The first-order chi connectivity index (χ1) is 17.2. The highest BCUT2D eigenvalue weighted by molar-refractivity contribution is 7.80. The maximum absolute atomic E-state index is 13.6. The fourth-order valence-electron chi connectivity index (χ4n) is 4.03. The van der Waals surface area contributed by atoms with Crippen molar-refractivity contribution in [1.82, 2.24) is 25.5 Å². The predicted molar refractivity (Wildman–Crippen MR) is 132 cm³/mol. The number of carbonyl (C=O) groups excluding carboxylic acids is 3. The third-order valence-electron chi connectivity index (χ3n) is 5.96. The van der Waals surface area contributed by atoms with Crippen molar-refractivity contribution >= 4 is 36.3 Å². The van der Waals surface area contributed by atoms with Gasteiger partial charge in [-0.25, -0.2) is 9.78 Å². The van der Waals surface area contributed by atoms with E-state index in [0.29, 0.717) is 24.1 Å². The number of carboxylic acid groups (broad SMARTS) is 1. The SMILES string of the molecule is NC(Cc1cnc[nH]1)C(=O)NC(Cc1ccc(O)cc1)C(=O)N1CCCC1C(=O)NC(CS)C(=O)O. The van der Waals surface area contributed by atoms with Crippen LogP contribution in [0, 0.1) is 0 Å². The number of nitrogens with zero attached hydrogens (tertiary/aromatic N) is 2. The molecule has 3 rings (SSSR count). The lowest BCUT2D eigenvalue weighted by molar-refractivity contribution is -0.144. The second kappa shape index (κ2) is 12.4. The number of likely N-dealkylation sites (tertiary alicyclic amines) is 1. The maximum atomic E-state index is 13.6. The second-order valence-electron chi connectivity index (χ2n) is 8.59. The van der Waals surface area contributed by atoms with E-state index in [1.807, 2.05) is 0 Å². The van der Waals surface area contributed by atoms with Crippen LogP contribution in [0.15, 0.2) is 36.8 Å². The molecule has 3 amide bonds. The monoisotopic (exact) mass is 518 g/mol. The predicted octanol–water partition coefficient (Wildman–Crippen LogP) is -0.797. The van der Waals surface area contributed by atoms with Crippen LogP contribution in [0.2, 0.25) is 0 Å². The van der Waals surface area contributed by atoms with Crippen LogP contribution in [0.3, 0.4) is 0 Å². The van der Waals surface area contributed by atoms with Gasteiger partial charge in [-0.1, -0.05) is 12.1 Å². The van der Waals surface area contributed by atoms with Gasteiger partial charge >= 0.3 is 5.97 Å². The zero-order chi connectivity index (χ0) is 26.2. The minimum absolute atomic E-state index is 0.0562. The Morgan fingerprint density at radius 1 is 1.17 bits per heavy atom. The second-order valence-corrected chi connectivity index (χ2v) is 8.96. The molecule has 4 atom stereocenters. The molecule has 0 saturated carbocycles. The Bertz CT molecular complexity index is 1060. The Labute approximate surface area is 213 Å². The largest absolute Gasteiger partial charge is 0.508 e. The molecule has 2 aromatic rings. The van der Waals surface area contributed by atoms with Crippen LogP contribution in [0.4, 0.5) is 0 Å². The fraction of sp³-hybridized carbons (Fsp3) is 0.435. The summed E-state index contributed by atoms with van der Waals surface area (Å²) in [5.41, 5.74) is 7.39. The van der Waals surface area contributed by atoms with Crippen LogP contribution in [0.25, 0.3) is 0 Å². The first-order valence-electron chi connectivity index (χ1n) is 11.4. The molecule has 1 saturated heterocycles. The fourth-order valence-corrected chi connectivity index (χ4v) is 4.28. The van der Waals surface area contributed by atoms with Gasteiger partial charge in [-0.3, -0.25) is 14.4 Å². The van der Waals surface area contributed by atoms with Gasteiger partial charge in [-0.05, 0) is 30.5 Å². The summed E-state index contributed by atoms with van der Waals surface area (Å²) in [4.78, 5) is 58.7. The van der Waals surface area contributed by atoms with Crippen LogP contribution in [0.5, 0.6) is 5.75 Å². The van der Waals surface area contributed by atoms with E-state index in [4.69, 9.17) is 5.73 Å². The summed E-state index contributed by atoms with van der Waals surface area (Å²) in [6.45, 7) is 0.275. The first-order valence-corrected chi connectivity index (χ1v) is 12.1. The van der Waals surface area contributed by atoms with Crippen LogP contribution < -0.4 is 16.4 Å². The summed E-state index contributed by atoms with van der Waals surface area (Å²) < 4.78 is 0. The van der Waals surface area contributed by atoms with Gasteiger partial charge in [0.15, 0.2) is 0 Å². The maximum Gasteiger partial charge on any atom is 0.327 e. The van der Waals surface area contributed by atoms with Gasteiger partial charge in [0.1, 0.15) is 23.9 Å². The summed E-state index contributed by atoms with van der Waals surface area (Å²) >= 11 is 3.96. The van der Waals surface area contributed by atoms with E-state index in [-0.39, 0.29) is 30.9 Å². The molecule has 0 aliphatic carbocycles. The normalized spacial score (nSPS) is 17.7. The van der Waals surface area contributed by atoms with Crippen molar-refractivity contribution < 1.29 is 29.4 Å². The van der Waals surface area contributed by atoms with E-state index in [1.165, 1.54) is 23.4 Å². The van der Waals surface area contributed by atoms with Gasteiger partial charge in [0, 0.05) is 37.0 Å².